The molecule has 5 heteroatoms. The molecule has 1 aromatic carbocycles. The Balaban J connectivity index is 1.97. The van der Waals surface area contributed by atoms with Crippen molar-refractivity contribution in [2.75, 3.05) is 19.7 Å². The van der Waals surface area contributed by atoms with Crippen LogP contribution in [0.1, 0.15) is 37.3 Å². The minimum atomic E-state index is -0.836. The van der Waals surface area contributed by atoms with Crippen molar-refractivity contribution < 1.29 is 19.4 Å². The first-order chi connectivity index (χ1) is 10.4. The predicted octanol–water partition coefficient (Wildman–Crippen LogP) is 2.43. The lowest BCUT2D eigenvalue weighted by Crippen LogP contribution is -2.34. The summed E-state index contributed by atoms with van der Waals surface area (Å²) in [5, 5.41) is 8.98. The third-order valence-electron chi connectivity index (χ3n) is 4.03. The molecule has 0 aromatic heterocycles. The molecule has 1 heterocycles. The summed E-state index contributed by atoms with van der Waals surface area (Å²) in [5.74, 6) is -0.391. The molecule has 5 nitrogen and oxygen atoms in total. The molecular formula is C17H23NO4. The standard InChI is InChI=1S/C17H23NO4/c1-11(2)14-5-4-12(3)8-15(14)22-10-16(19)18-7-6-13(9-18)17(20)21/h4-5,8,11,13H,6-7,9-10H2,1-3H3,(H,20,21). The summed E-state index contributed by atoms with van der Waals surface area (Å²) in [6.07, 6.45) is 0.517. The van der Waals surface area contributed by atoms with Gasteiger partial charge in [0.1, 0.15) is 5.75 Å². The maximum Gasteiger partial charge on any atom is 0.308 e. The molecule has 0 radical (unpaired) electrons. The number of aliphatic carboxylic acids is 1. The second-order valence-electron chi connectivity index (χ2n) is 6.15. The van der Waals surface area contributed by atoms with Gasteiger partial charge >= 0.3 is 5.97 Å². The molecule has 0 saturated carbocycles. The minimum Gasteiger partial charge on any atom is -0.483 e. The van der Waals surface area contributed by atoms with E-state index >= 15 is 0 Å². The van der Waals surface area contributed by atoms with Crippen LogP contribution in [0.3, 0.4) is 0 Å². The lowest BCUT2D eigenvalue weighted by Gasteiger charge is -2.18. The van der Waals surface area contributed by atoms with Crippen molar-refractivity contribution in [3.8, 4) is 5.75 Å². The first-order valence-corrected chi connectivity index (χ1v) is 7.62. The highest BCUT2D eigenvalue weighted by Crippen LogP contribution is 2.27. The summed E-state index contributed by atoms with van der Waals surface area (Å²) in [6, 6.07) is 5.99. The Morgan fingerprint density at radius 2 is 2.14 bits per heavy atom. The summed E-state index contributed by atoms with van der Waals surface area (Å²) in [4.78, 5) is 24.7. The summed E-state index contributed by atoms with van der Waals surface area (Å²) in [6.45, 7) is 6.87. The molecule has 1 atom stereocenters. The van der Waals surface area contributed by atoms with Crippen molar-refractivity contribution in [1.82, 2.24) is 4.90 Å². The fourth-order valence-corrected chi connectivity index (χ4v) is 2.66. The number of nitrogens with zero attached hydrogens (tertiary/aromatic N) is 1. The average Bonchev–Trinajstić information content (AvgIpc) is 2.94. The van der Waals surface area contributed by atoms with E-state index in [1.54, 1.807) is 4.90 Å². The van der Waals surface area contributed by atoms with Gasteiger partial charge in [0.25, 0.3) is 5.91 Å². The average molecular weight is 305 g/mol. The number of aryl methyl sites for hydroxylation is 1. The van der Waals surface area contributed by atoms with E-state index in [4.69, 9.17) is 9.84 Å². The second kappa shape index (κ2) is 6.81. The number of ether oxygens (including phenoxy) is 1. The summed E-state index contributed by atoms with van der Waals surface area (Å²) < 4.78 is 5.71. The molecule has 22 heavy (non-hydrogen) atoms. The van der Waals surface area contributed by atoms with Gasteiger partial charge in [0, 0.05) is 13.1 Å². The molecule has 1 N–H and O–H groups in total. The molecule has 1 aliphatic heterocycles. The van der Waals surface area contributed by atoms with Gasteiger partial charge in [-0.1, -0.05) is 26.0 Å². The number of carbonyl (C=O) groups excluding carboxylic acids is 1. The first kappa shape index (κ1) is 16.3. The van der Waals surface area contributed by atoms with E-state index in [2.05, 4.69) is 13.8 Å². The molecule has 0 aliphatic carbocycles. The molecular weight excluding hydrogens is 282 g/mol. The zero-order valence-electron chi connectivity index (χ0n) is 13.3. The van der Waals surface area contributed by atoms with E-state index in [-0.39, 0.29) is 19.1 Å². The van der Waals surface area contributed by atoms with Crippen LogP contribution < -0.4 is 4.74 Å². The first-order valence-electron chi connectivity index (χ1n) is 7.62. The number of carbonyl (C=O) groups is 2. The van der Waals surface area contributed by atoms with Gasteiger partial charge in [-0.3, -0.25) is 9.59 Å². The Kier molecular flexibility index (Phi) is 5.06. The minimum absolute atomic E-state index is 0.0461. The van der Waals surface area contributed by atoms with Gasteiger partial charge in [-0.25, -0.2) is 0 Å². The number of carboxylic acids is 1. The lowest BCUT2D eigenvalue weighted by atomic mass is 10.0. The van der Waals surface area contributed by atoms with Gasteiger partial charge in [0.15, 0.2) is 6.61 Å². The van der Waals surface area contributed by atoms with E-state index in [1.165, 1.54) is 0 Å². The van der Waals surface area contributed by atoms with Crippen LogP contribution in [0.2, 0.25) is 0 Å². The third-order valence-corrected chi connectivity index (χ3v) is 4.03. The Bertz CT molecular complexity index is 568. The van der Waals surface area contributed by atoms with Crippen LogP contribution in [0.25, 0.3) is 0 Å². The van der Waals surface area contributed by atoms with Crippen LogP contribution in [0, 0.1) is 12.8 Å². The quantitative estimate of drug-likeness (QED) is 0.907. The molecule has 1 fully saturated rings. The van der Waals surface area contributed by atoms with E-state index in [0.29, 0.717) is 18.9 Å². The van der Waals surface area contributed by atoms with Gasteiger partial charge in [-0.2, -0.15) is 0 Å². The monoisotopic (exact) mass is 305 g/mol. The normalized spacial score (nSPS) is 17.8. The topological polar surface area (TPSA) is 66.8 Å². The molecule has 0 bridgehead atoms. The number of hydrogen-bond acceptors (Lipinski definition) is 3. The third kappa shape index (κ3) is 3.78. The fraction of sp³-hybridized carbons (Fsp3) is 0.529. The van der Waals surface area contributed by atoms with Gasteiger partial charge in [0.05, 0.1) is 5.92 Å². The molecule has 1 aliphatic rings. The number of amides is 1. The van der Waals surface area contributed by atoms with Crippen molar-refractivity contribution in [1.29, 1.82) is 0 Å². The molecule has 1 amide bonds. The number of hydrogen-bond donors (Lipinski definition) is 1. The van der Waals surface area contributed by atoms with Crippen molar-refractivity contribution in [2.24, 2.45) is 5.92 Å². The zero-order chi connectivity index (χ0) is 16.3. The molecule has 1 saturated heterocycles. The number of rotatable bonds is 5. The number of carboxylic acid groups (broad SMARTS) is 1. The summed E-state index contributed by atoms with van der Waals surface area (Å²) in [7, 11) is 0. The summed E-state index contributed by atoms with van der Waals surface area (Å²) >= 11 is 0. The Labute approximate surface area is 130 Å². The molecule has 0 spiro atoms. The highest BCUT2D eigenvalue weighted by molar-refractivity contribution is 5.80. The van der Waals surface area contributed by atoms with E-state index < -0.39 is 11.9 Å². The number of benzene rings is 1. The highest BCUT2D eigenvalue weighted by atomic mass is 16.5. The van der Waals surface area contributed by atoms with Gasteiger partial charge in [-0.15, -0.1) is 0 Å². The number of likely N-dealkylation sites (tertiary alicyclic amines) is 1. The fourth-order valence-electron chi connectivity index (χ4n) is 2.66. The van der Waals surface area contributed by atoms with E-state index in [1.807, 2.05) is 25.1 Å². The largest absolute Gasteiger partial charge is 0.483 e. The van der Waals surface area contributed by atoms with Gasteiger partial charge in [-0.05, 0) is 36.5 Å². The van der Waals surface area contributed by atoms with Crippen molar-refractivity contribution in [2.45, 2.75) is 33.1 Å². The molecule has 1 unspecified atom stereocenters. The molecule has 1 aromatic rings. The van der Waals surface area contributed by atoms with Crippen molar-refractivity contribution in [3.05, 3.63) is 29.3 Å². The Hall–Kier alpha value is -2.04. The van der Waals surface area contributed by atoms with Crippen molar-refractivity contribution in [3.63, 3.8) is 0 Å². The molecule has 120 valence electrons. The van der Waals surface area contributed by atoms with E-state index in [9.17, 15) is 9.59 Å². The van der Waals surface area contributed by atoms with Gasteiger partial charge in [0.2, 0.25) is 0 Å². The van der Waals surface area contributed by atoms with Crippen LogP contribution in [0.4, 0.5) is 0 Å². The van der Waals surface area contributed by atoms with Crippen LogP contribution in [-0.4, -0.2) is 41.6 Å². The summed E-state index contributed by atoms with van der Waals surface area (Å²) in [5.41, 5.74) is 2.15. The molecule has 2 rings (SSSR count). The SMILES string of the molecule is Cc1ccc(C(C)C)c(OCC(=O)N2CCC(C(=O)O)C2)c1. The zero-order valence-corrected chi connectivity index (χ0v) is 13.3. The van der Waals surface area contributed by atoms with Crippen LogP contribution in [0.15, 0.2) is 18.2 Å². The Morgan fingerprint density at radius 3 is 2.73 bits per heavy atom. The second-order valence-corrected chi connectivity index (χ2v) is 6.15. The van der Waals surface area contributed by atoms with Crippen LogP contribution in [0.5, 0.6) is 5.75 Å². The maximum atomic E-state index is 12.2. The maximum absolute atomic E-state index is 12.2. The van der Waals surface area contributed by atoms with Crippen LogP contribution in [-0.2, 0) is 9.59 Å². The van der Waals surface area contributed by atoms with Crippen LogP contribution >= 0.6 is 0 Å². The van der Waals surface area contributed by atoms with Gasteiger partial charge < -0.3 is 14.7 Å². The van der Waals surface area contributed by atoms with Crippen molar-refractivity contribution >= 4 is 11.9 Å². The lowest BCUT2D eigenvalue weighted by molar-refractivity contribution is -0.141. The highest BCUT2D eigenvalue weighted by Gasteiger charge is 2.30. The predicted molar refractivity (Wildman–Crippen MR) is 83.1 cm³/mol. The van der Waals surface area contributed by atoms with E-state index in [0.717, 1.165) is 16.9 Å². The smallest absolute Gasteiger partial charge is 0.308 e. The Morgan fingerprint density at radius 1 is 1.41 bits per heavy atom.